The molecule has 19 heavy (non-hydrogen) atoms. The molecule has 1 aliphatic rings. The summed E-state index contributed by atoms with van der Waals surface area (Å²) in [5.41, 5.74) is 1.87. The summed E-state index contributed by atoms with van der Waals surface area (Å²) in [4.78, 5) is 14.0. The zero-order valence-corrected chi connectivity index (χ0v) is 13.0. The van der Waals surface area contributed by atoms with Gasteiger partial charge in [-0.1, -0.05) is 21.5 Å². The summed E-state index contributed by atoms with van der Waals surface area (Å²) in [6, 6.07) is 3.78. The lowest BCUT2D eigenvalue weighted by Crippen LogP contribution is -2.37. The van der Waals surface area contributed by atoms with Crippen LogP contribution in [0.3, 0.4) is 0 Å². The number of hydrogen-bond acceptors (Lipinski definition) is 4. The van der Waals surface area contributed by atoms with Gasteiger partial charge in [-0.15, -0.1) is 11.3 Å². The molecular formula is C13H14BrN3OS. The first kappa shape index (κ1) is 14.3. The quantitative estimate of drug-likeness (QED) is 0.920. The molecule has 0 aliphatic carbocycles. The van der Waals surface area contributed by atoms with Gasteiger partial charge < -0.3 is 5.32 Å². The van der Waals surface area contributed by atoms with Gasteiger partial charge in [0.15, 0.2) is 0 Å². The van der Waals surface area contributed by atoms with Gasteiger partial charge in [0.05, 0.1) is 12.1 Å². The molecule has 1 amide bonds. The van der Waals surface area contributed by atoms with E-state index in [9.17, 15) is 4.79 Å². The third-order valence-electron chi connectivity index (χ3n) is 3.03. The monoisotopic (exact) mass is 339 g/mol. The maximum absolute atomic E-state index is 11.9. The van der Waals surface area contributed by atoms with E-state index in [1.807, 2.05) is 0 Å². The fourth-order valence-corrected chi connectivity index (χ4v) is 3.18. The SMILES string of the molecule is CC1=C(Br)CN(CC(=O)Nc2sccc2C#N)CC1. The Morgan fingerprint density at radius 2 is 2.47 bits per heavy atom. The third kappa shape index (κ3) is 3.66. The molecule has 0 spiro atoms. The van der Waals surface area contributed by atoms with E-state index in [0.717, 1.165) is 19.5 Å². The molecule has 2 rings (SSSR count). The van der Waals surface area contributed by atoms with E-state index in [1.54, 1.807) is 11.4 Å². The van der Waals surface area contributed by atoms with Crippen molar-refractivity contribution in [1.29, 1.82) is 5.26 Å². The Balaban J connectivity index is 1.91. The first-order valence-corrected chi connectivity index (χ1v) is 7.61. The number of rotatable bonds is 3. The van der Waals surface area contributed by atoms with Crippen molar-refractivity contribution >= 4 is 38.2 Å². The van der Waals surface area contributed by atoms with Gasteiger partial charge in [0.25, 0.3) is 0 Å². The van der Waals surface area contributed by atoms with E-state index >= 15 is 0 Å². The minimum atomic E-state index is -0.0706. The van der Waals surface area contributed by atoms with Crippen LogP contribution >= 0.6 is 27.3 Å². The highest BCUT2D eigenvalue weighted by molar-refractivity contribution is 9.11. The Kier molecular flexibility index (Phi) is 4.75. The number of carbonyl (C=O) groups is 1. The smallest absolute Gasteiger partial charge is 0.239 e. The number of carbonyl (C=O) groups excluding carboxylic acids is 1. The lowest BCUT2D eigenvalue weighted by atomic mass is 10.1. The van der Waals surface area contributed by atoms with Crippen LogP contribution in [0.1, 0.15) is 18.9 Å². The van der Waals surface area contributed by atoms with Crippen LogP contribution < -0.4 is 5.32 Å². The zero-order chi connectivity index (χ0) is 13.8. The van der Waals surface area contributed by atoms with Crippen molar-refractivity contribution in [2.75, 3.05) is 25.0 Å². The summed E-state index contributed by atoms with van der Waals surface area (Å²) in [5, 5.41) is 14.1. The molecule has 1 aromatic rings. The summed E-state index contributed by atoms with van der Waals surface area (Å²) in [6.07, 6.45) is 0.982. The van der Waals surface area contributed by atoms with Crippen molar-refractivity contribution < 1.29 is 4.79 Å². The first-order chi connectivity index (χ1) is 9.10. The van der Waals surface area contributed by atoms with E-state index in [4.69, 9.17) is 5.26 Å². The molecule has 1 aliphatic heterocycles. The molecule has 1 N–H and O–H groups in total. The number of halogens is 1. The Hall–Kier alpha value is -1.16. The topological polar surface area (TPSA) is 56.1 Å². The Morgan fingerprint density at radius 1 is 1.68 bits per heavy atom. The molecule has 6 heteroatoms. The Morgan fingerprint density at radius 3 is 3.16 bits per heavy atom. The number of anilines is 1. The molecule has 1 aromatic heterocycles. The van der Waals surface area contributed by atoms with Gasteiger partial charge in [-0.25, -0.2) is 0 Å². The van der Waals surface area contributed by atoms with Crippen LogP contribution in [0, 0.1) is 11.3 Å². The van der Waals surface area contributed by atoms with E-state index in [1.165, 1.54) is 21.4 Å². The molecule has 2 heterocycles. The highest BCUT2D eigenvalue weighted by atomic mass is 79.9. The van der Waals surface area contributed by atoms with E-state index < -0.39 is 0 Å². The van der Waals surface area contributed by atoms with E-state index in [-0.39, 0.29) is 5.91 Å². The van der Waals surface area contributed by atoms with Crippen LogP contribution in [0.25, 0.3) is 0 Å². The summed E-state index contributed by atoms with van der Waals surface area (Å²) >= 11 is 4.91. The van der Waals surface area contributed by atoms with Crippen molar-refractivity contribution in [3.63, 3.8) is 0 Å². The molecule has 0 aromatic carbocycles. The van der Waals surface area contributed by atoms with Gasteiger partial charge in [0, 0.05) is 17.6 Å². The molecule has 0 atom stereocenters. The van der Waals surface area contributed by atoms with Crippen LogP contribution in [-0.4, -0.2) is 30.4 Å². The van der Waals surface area contributed by atoms with Crippen molar-refractivity contribution in [2.45, 2.75) is 13.3 Å². The largest absolute Gasteiger partial charge is 0.315 e. The summed E-state index contributed by atoms with van der Waals surface area (Å²) in [7, 11) is 0. The summed E-state index contributed by atoms with van der Waals surface area (Å²) < 4.78 is 1.17. The zero-order valence-electron chi connectivity index (χ0n) is 10.6. The predicted octanol–water partition coefficient (Wildman–Crippen LogP) is 2.93. The van der Waals surface area contributed by atoms with Gasteiger partial charge in [0.2, 0.25) is 5.91 Å². The predicted molar refractivity (Wildman–Crippen MR) is 80.3 cm³/mol. The average molecular weight is 340 g/mol. The Bertz CT molecular complexity index is 558. The number of nitrogens with one attached hydrogen (secondary N) is 1. The fraction of sp³-hybridized carbons (Fsp3) is 0.385. The van der Waals surface area contributed by atoms with Gasteiger partial charge in [-0.2, -0.15) is 5.26 Å². The van der Waals surface area contributed by atoms with Crippen LogP contribution in [0.5, 0.6) is 0 Å². The van der Waals surface area contributed by atoms with Crippen molar-refractivity contribution in [1.82, 2.24) is 4.90 Å². The number of thiophene rings is 1. The molecule has 0 radical (unpaired) electrons. The highest BCUT2D eigenvalue weighted by Crippen LogP contribution is 2.23. The van der Waals surface area contributed by atoms with Crippen LogP contribution in [0.2, 0.25) is 0 Å². The Labute approximate surface area is 124 Å². The number of hydrogen-bond donors (Lipinski definition) is 1. The molecule has 0 bridgehead atoms. The molecule has 0 unspecified atom stereocenters. The normalized spacial score (nSPS) is 16.3. The van der Waals surface area contributed by atoms with Gasteiger partial charge in [-0.3, -0.25) is 9.69 Å². The number of amides is 1. The van der Waals surface area contributed by atoms with Crippen LogP contribution in [0.15, 0.2) is 21.5 Å². The van der Waals surface area contributed by atoms with Crippen LogP contribution in [-0.2, 0) is 4.79 Å². The number of nitriles is 1. The lowest BCUT2D eigenvalue weighted by Gasteiger charge is -2.26. The minimum absolute atomic E-state index is 0.0706. The highest BCUT2D eigenvalue weighted by Gasteiger charge is 2.18. The van der Waals surface area contributed by atoms with Crippen LogP contribution in [0.4, 0.5) is 5.00 Å². The summed E-state index contributed by atoms with van der Waals surface area (Å²) in [5.74, 6) is -0.0706. The minimum Gasteiger partial charge on any atom is -0.315 e. The lowest BCUT2D eigenvalue weighted by molar-refractivity contribution is -0.117. The van der Waals surface area contributed by atoms with E-state index in [2.05, 4.69) is 39.1 Å². The van der Waals surface area contributed by atoms with Crippen molar-refractivity contribution in [3.05, 3.63) is 27.1 Å². The maximum atomic E-state index is 11.9. The standard InChI is InChI=1S/C13H14BrN3OS/c1-9-2-4-17(7-11(9)14)8-12(18)16-13-10(6-15)3-5-19-13/h3,5H,2,4,7-8H2,1H3,(H,16,18). The molecule has 100 valence electrons. The maximum Gasteiger partial charge on any atom is 0.239 e. The average Bonchev–Trinajstić information content (AvgIpc) is 2.81. The fourth-order valence-electron chi connectivity index (χ4n) is 1.87. The molecule has 0 saturated carbocycles. The summed E-state index contributed by atoms with van der Waals surface area (Å²) in [6.45, 7) is 4.12. The molecule has 0 fully saturated rings. The van der Waals surface area contributed by atoms with Crippen molar-refractivity contribution in [2.24, 2.45) is 0 Å². The molecule has 4 nitrogen and oxygen atoms in total. The second kappa shape index (κ2) is 6.33. The second-order valence-corrected chi connectivity index (χ2v) is 6.34. The van der Waals surface area contributed by atoms with Gasteiger partial charge in [0.1, 0.15) is 11.1 Å². The van der Waals surface area contributed by atoms with E-state index in [0.29, 0.717) is 17.1 Å². The number of nitrogens with zero attached hydrogens (tertiary/aromatic N) is 2. The second-order valence-electron chi connectivity index (χ2n) is 4.47. The van der Waals surface area contributed by atoms with Crippen molar-refractivity contribution in [3.8, 4) is 6.07 Å². The molecule has 0 saturated heterocycles. The first-order valence-electron chi connectivity index (χ1n) is 5.94. The van der Waals surface area contributed by atoms with Gasteiger partial charge in [-0.05, 0) is 24.8 Å². The molecular weight excluding hydrogens is 326 g/mol. The third-order valence-corrected chi connectivity index (χ3v) is 4.79. The van der Waals surface area contributed by atoms with Gasteiger partial charge >= 0.3 is 0 Å².